The van der Waals surface area contributed by atoms with Crippen molar-refractivity contribution in [1.29, 1.82) is 0 Å². The maximum absolute atomic E-state index is 12.3. The molecule has 124 valence electrons. The van der Waals surface area contributed by atoms with Gasteiger partial charge in [-0.15, -0.1) is 0 Å². The van der Waals surface area contributed by atoms with Gasteiger partial charge in [-0.3, -0.25) is 0 Å². The lowest BCUT2D eigenvalue weighted by Gasteiger charge is -2.36. The van der Waals surface area contributed by atoms with Crippen LogP contribution >= 0.6 is 0 Å². The monoisotopic (exact) mass is 309 g/mol. The van der Waals surface area contributed by atoms with E-state index in [9.17, 15) is 4.79 Å². The van der Waals surface area contributed by atoms with Crippen LogP contribution in [0, 0.1) is 0 Å². The van der Waals surface area contributed by atoms with Crippen LogP contribution in [-0.4, -0.2) is 35.8 Å². The standard InChI is InChI=1S/C17H27NO4/c1-13(15-9-7-11-20-15)21-12-14-8-5-6-10-18(14)16(19)22-17(2,3)4/h7,9,11,13-14H,5-6,8,10,12H2,1-4H3/t13-,14-/m1/s1. The zero-order chi connectivity index (χ0) is 16.2. The van der Waals surface area contributed by atoms with E-state index < -0.39 is 5.60 Å². The highest BCUT2D eigenvalue weighted by atomic mass is 16.6. The van der Waals surface area contributed by atoms with Gasteiger partial charge in [-0.25, -0.2) is 4.79 Å². The number of carbonyl (C=O) groups excluding carboxylic acids is 1. The van der Waals surface area contributed by atoms with E-state index in [0.29, 0.717) is 6.61 Å². The van der Waals surface area contributed by atoms with Gasteiger partial charge in [-0.05, 0) is 59.1 Å². The van der Waals surface area contributed by atoms with Crippen molar-refractivity contribution in [2.24, 2.45) is 0 Å². The van der Waals surface area contributed by atoms with E-state index in [2.05, 4.69) is 0 Å². The predicted octanol–water partition coefficient (Wildman–Crippen LogP) is 4.15. The van der Waals surface area contributed by atoms with E-state index >= 15 is 0 Å². The smallest absolute Gasteiger partial charge is 0.410 e. The summed E-state index contributed by atoms with van der Waals surface area (Å²) >= 11 is 0. The van der Waals surface area contributed by atoms with Crippen LogP contribution in [0.25, 0.3) is 0 Å². The molecule has 1 fully saturated rings. The highest BCUT2D eigenvalue weighted by molar-refractivity contribution is 5.68. The molecule has 5 heteroatoms. The van der Waals surface area contributed by atoms with Crippen LogP contribution in [0.4, 0.5) is 4.79 Å². The molecule has 1 aliphatic heterocycles. The molecular weight excluding hydrogens is 282 g/mol. The average Bonchev–Trinajstić information content (AvgIpc) is 2.97. The molecule has 1 amide bonds. The Labute approximate surface area is 132 Å². The van der Waals surface area contributed by atoms with Gasteiger partial charge < -0.3 is 18.8 Å². The molecule has 0 bridgehead atoms. The summed E-state index contributed by atoms with van der Waals surface area (Å²) in [6.45, 7) is 8.86. The Hall–Kier alpha value is -1.49. The summed E-state index contributed by atoms with van der Waals surface area (Å²) in [5.74, 6) is 0.805. The zero-order valence-corrected chi connectivity index (χ0v) is 14.0. The van der Waals surface area contributed by atoms with Crippen molar-refractivity contribution >= 4 is 6.09 Å². The molecule has 1 aliphatic rings. The van der Waals surface area contributed by atoms with Gasteiger partial charge in [-0.1, -0.05) is 0 Å². The normalized spacial score (nSPS) is 20.7. The second kappa shape index (κ2) is 7.18. The van der Waals surface area contributed by atoms with E-state index in [0.717, 1.165) is 31.6 Å². The molecular formula is C17H27NO4. The first kappa shape index (κ1) is 16.9. The molecule has 0 N–H and O–H groups in total. The lowest BCUT2D eigenvalue weighted by atomic mass is 10.0. The Bertz CT molecular complexity index is 464. The van der Waals surface area contributed by atoms with Gasteiger partial charge in [-0.2, -0.15) is 0 Å². The first-order valence-corrected chi connectivity index (χ1v) is 8.01. The third-order valence-corrected chi connectivity index (χ3v) is 3.74. The summed E-state index contributed by atoms with van der Waals surface area (Å²) in [4.78, 5) is 14.1. The Morgan fingerprint density at radius 3 is 2.86 bits per heavy atom. The highest BCUT2D eigenvalue weighted by Crippen LogP contribution is 2.23. The Balaban J connectivity index is 1.90. The number of amides is 1. The van der Waals surface area contributed by atoms with Gasteiger partial charge in [0.15, 0.2) is 0 Å². The van der Waals surface area contributed by atoms with Crippen LogP contribution in [0.15, 0.2) is 22.8 Å². The van der Waals surface area contributed by atoms with E-state index in [1.807, 2.05) is 44.7 Å². The zero-order valence-electron chi connectivity index (χ0n) is 14.0. The molecule has 2 heterocycles. The number of hydrogen-bond donors (Lipinski definition) is 0. The molecule has 1 aromatic heterocycles. The van der Waals surface area contributed by atoms with Gasteiger partial charge in [0.1, 0.15) is 17.5 Å². The first-order chi connectivity index (χ1) is 10.4. The molecule has 2 rings (SSSR count). The number of carbonyl (C=O) groups is 1. The minimum absolute atomic E-state index is 0.0704. The summed E-state index contributed by atoms with van der Waals surface area (Å²) in [7, 11) is 0. The van der Waals surface area contributed by atoms with E-state index in [1.54, 1.807) is 6.26 Å². The van der Waals surface area contributed by atoms with Gasteiger partial charge in [0.25, 0.3) is 0 Å². The molecule has 0 saturated carbocycles. The minimum Gasteiger partial charge on any atom is -0.467 e. The maximum atomic E-state index is 12.3. The molecule has 1 aromatic rings. The Morgan fingerprint density at radius 2 is 2.23 bits per heavy atom. The third kappa shape index (κ3) is 4.77. The predicted molar refractivity (Wildman–Crippen MR) is 83.7 cm³/mol. The van der Waals surface area contributed by atoms with Gasteiger partial charge >= 0.3 is 6.09 Å². The fourth-order valence-corrected chi connectivity index (χ4v) is 2.59. The number of furan rings is 1. The topological polar surface area (TPSA) is 51.9 Å². The number of piperidine rings is 1. The third-order valence-electron chi connectivity index (χ3n) is 3.74. The number of hydrogen-bond acceptors (Lipinski definition) is 4. The SMILES string of the molecule is C[C@@H](OC[C@H]1CCCCN1C(=O)OC(C)(C)C)c1ccco1. The van der Waals surface area contributed by atoms with Gasteiger partial charge in [0.2, 0.25) is 0 Å². The molecule has 0 spiro atoms. The van der Waals surface area contributed by atoms with Gasteiger partial charge in [0, 0.05) is 6.54 Å². The van der Waals surface area contributed by atoms with Crippen LogP contribution < -0.4 is 0 Å². The van der Waals surface area contributed by atoms with Crippen LogP contribution in [0.5, 0.6) is 0 Å². The highest BCUT2D eigenvalue weighted by Gasteiger charge is 2.31. The van der Waals surface area contributed by atoms with Crippen LogP contribution in [0.1, 0.15) is 58.8 Å². The fourth-order valence-electron chi connectivity index (χ4n) is 2.59. The van der Waals surface area contributed by atoms with E-state index in [-0.39, 0.29) is 18.2 Å². The quantitative estimate of drug-likeness (QED) is 0.838. The summed E-state index contributed by atoms with van der Waals surface area (Å²) in [6, 6.07) is 3.82. The maximum Gasteiger partial charge on any atom is 0.410 e. The van der Waals surface area contributed by atoms with Crippen molar-refractivity contribution in [1.82, 2.24) is 4.90 Å². The fraction of sp³-hybridized carbons (Fsp3) is 0.706. The van der Waals surface area contributed by atoms with Crippen molar-refractivity contribution in [3.63, 3.8) is 0 Å². The summed E-state index contributed by atoms with van der Waals surface area (Å²) in [5.41, 5.74) is -0.471. The number of ether oxygens (including phenoxy) is 2. The molecule has 0 radical (unpaired) electrons. The molecule has 1 saturated heterocycles. The van der Waals surface area contributed by atoms with E-state index in [1.165, 1.54) is 0 Å². The molecule has 5 nitrogen and oxygen atoms in total. The lowest BCUT2D eigenvalue weighted by molar-refractivity contribution is -0.0248. The number of likely N-dealkylation sites (tertiary alicyclic amines) is 1. The summed E-state index contributed by atoms with van der Waals surface area (Å²) in [6.07, 6.45) is 4.36. The van der Waals surface area contributed by atoms with Crippen LogP contribution in [0.2, 0.25) is 0 Å². The van der Waals surface area contributed by atoms with Gasteiger partial charge in [0.05, 0.1) is 18.9 Å². The van der Waals surface area contributed by atoms with Crippen molar-refractivity contribution in [3.8, 4) is 0 Å². The van der Waals surface area contributed by atoms with Crippen LogP contribution in [-0.2, 0) is 9.47 Å². The van der Waals surface area contributed by atoms with E-state index in [4.69, 9.17) is 13.9 Å². The molecule has 0 aromatic carbocycles. The lowest BCUT2D eigenvalue weighted by Crippen LogP contribution is -2.48. The van der Waals surface area contributed by atoms with Crippen molar-refractivity contribution in [3.05, 3.63) is 24.2 Å². The van der Waals surface area contributed by atoms with Crippen molar-refractivity contribution < 1.29 is 18.7 Å². The van der Waals surface area contributed by atoms with Crippen molar-refractivity contribution in [2.75, 3.05) is 13.2 Å². The number of nitrogens with zero attached hydrogens (tertiary/aromatic N) is 1. The number of rotatable bonds is 4. The Kier molecular flexibility index (Phi) is 5.51. The molecule has 22 heavy (non-hydrogen) atoms. The molecule has 0 aliphatic carbocycles. The van der Waals surface area contributed by atoms with Crippen molar-refractivity contribution in [2.45, 2.75) is 64.7 Å². The first-order valence-electron chi connectivity index (χ1n) is 8.01. The largest absolute Gasteiger partial charge is 0.467 e. The Morgan fingerprint density at radius 1 is 1.45 bits per heavy atom. The minimum atomic E-state index is -0.471. The summed E-state index contributed by atoms with van der Waals surface area (Å²) in [5, 5.41) is 0. The summed E-state index contributed by atoms with van der Waals surface area (Å²) < 4.78 is 16.7. The van der Waals surface area contributed by atoms with Crippen LogP contribution in [0.3, 0.4) is 0 Å². The second-order valence-electron chi connectivity index (χ2n) is 6.81. The molecule has 2 atom stereocenters. The molecule has 0 unspecified atom stereocenters. The second-order valence-corrected chi connectivity index (χ2v) is 6.81. The average molecular weight is 309 g/mol.